The molecule has 1 aromatic heterocycles. The highest BCUT2D eigenvalue weighted by Gasteiger charge is 2.25. The van der Waals surface area contributed by atoms with E-state index in [1.807, 2.05) is 12.1 Å². The van der Waals surface area contributed by atoms with Gasteiger partial charge in [-0.2, -0.15) is 0 Å². The topological polar surface area (TPSA) is 67.2 Å². The highest BCUT2D eigenvalue weighted by atomic mass is 127. The Kier molecular flexibility index (Phi) is 6.97. The summed E-state index contributed by atoms with van der Waals surface area (Å²) in [7, 11) is 0. The number of furan rings is 1. The van der Waals surface area contributed by atoms with Gasteiger partial charge in [0.15, 0.2) is 5.96 Å². The normalized spacial score (nSPS) is 21.6. The Balaban J connectivity index is 0.00000176. The van der Waals surface area contributed by atoms with E-state index < -0.39 is 0 Å². The van der Waals surface area contributed by atoms with Crippen molar-refractivity contribution >= 4 is 29.9 Å². The molecule has 2 N–H and O–H groups in total. The van der Waals surface area contributed by atoms with Crippen molar-refractivity contribution in [3.63, 3.8) is 0 Å². The number of hydrogen-bond acceptors (Lipinski definition) is 4. The van der Waals surface area contributed by atoms with Crippen LogP contribution in [0.3, 0.4) is 0 Å². The Morgan fingerprint density at radius 1 is 1.23 bits per heavy atom. The van der Waals surface area contributed by atoms with Gasteiger partial charge in [-0.25, -0.2) is 0 Å². The Morgan fingerprint density at radius 3 is 2.59 bits per heavy atom. The SMILES string of the molecule is I.NC(=NCC(c1ccco1)N1CCCC1)N1CCOCC1. The fourth-order valence-electron chi connectivity index (χ4n) is 2.99. The molecule has 6 nitrogen and oxygen atoms in total. The van der Waals surface area contributed by atoms with Crippen molar-refractivity contribution in [1.29, 1.82) is 0 Å². The number of morpholine rings is 1. The molecular formula is C15H25IN4O2. The monoisotopic (exact) mass is 420 g/mol. The third-order valence-electron chi connectivity index (χ3n) is 4.21. The van der Waals surface area contributed by atoms with E-state index in [0.717, 1.165) is 45.2 Å². The van der Waals surface area contributed by atoms with Crippen LogP contribution in [0.4, 0.5) is 0 Å². The van der Waals surface area contributed by atoms with Crippen molar-refractivity contribution < 1.29 is 9.15 Å². The van der Waals surface area contributed by atoms with Crippen LogP contribution in [0.15, 0.2) is 27.8 Å². The molecule has 124 valence electrons. The molecule has 1 aromatic rings. The van der Waals surface area contributed by atoms with Gasteiger partial charge in [0.2, 0.25) is 0 Å². The lowest BCUT2D eigenvalue weighted by Gasteiger charge is -2.29. The van der Waals surface area contributed by atoms with Crippen LogP contribution in [-0.2, 0) is 4.74 Å². The fourth-order valence-corrected chi connectivity index (χ4v) is 2.99. The second-order valence-corrected chi connectivity index (χ2v) is 5.57. The zero-order valence-corrected chi connectivity index (χ0v) is 15.1. The summed E-state index contributed by atoms with van der Waals surface area (Å²) in [5, 5.41) is 0. The maximum absolute atomic E-state index is 6.12. The maximum Gasteiger partial charge on any atom is 0.191 e. The Hall–Kier alpha value is -0.800. The van der Waals surface area contributed by atoms with Gasteiger partial charge in [-0.3, -0.25) is 9.89 Å². The summed E-state index contributed by atoms with van der Waals surface area (Å²) in [5.74, 6) is 1.60. The van der Waals surface area contributed by atoms with E-state index in [2.05, 4.69) is 14.8 Å². The number of ether oxygens (including phenoxy) is 1. The average molecular weight is 420 g/mol. The van der Waals surface area contributed by atoms with Gasteiger partial charge in [-0.15, -0.1) is 24.0 Å². The smallest absolute Gasteiger partial charge is 0.191 e. The predicted molar refractivity (Wildman–Crippen MR) is 96.6 cm³/mol. The van der Waals surface area contributed by atoms with E-state index in [0.29, 0.717) is 12.5 Å². The summed E-state index contributed by atoms with van der Waals surface area (Å²) in [6.45, 7) is 5.97. The standard InChI is InChI=1S/C15H24N4O2.HI/c16-15(19-7-10-20-11-8-19)17-12-13(14-4-3-9-21-14)18-5-1-2-6-18;/h3-4,9,13H,1-2,5-8,10-12H2,(H2,16,17);1H. The molecule has 0 aromatic carbocycles. The van der Waals surface area contributed by atoms with E-state index in [9.17, 15) is 0 Å². The molecule has 2 aliphatic rings. The van der Waals surface area contributed by atoms with Crippen LogP contribution >= 0.6 is 24.0 Å². The highest BCUT2D eigenvalue weighted by molar-refractivity contribution is 14.0. The average Bonchev–Trinajstić information content (AvgIpc) is 3.22. The van der Waals surface area contributed by atoms with E-state index in [1.54, 1.807) is 6.26 Å². The second-order valence-electron chi connectivity index (χ2n) is 5.57. The highest BCUT2D eigenvalue weighted by Crippen LogP contribution is 2.25. The van der Waals surface area contributed by atoms with Crippen molar-refractivity contribution in [2.45, 2.75) is 18.9 Å². The van der Waals surface area contributed by atoms with Gasteiger partial charge in [-0.05, 0) is 38.1 Å². The molecule has 3 rings (SSSR count). The first kappa shape index (κ1) is 17.6. The minimum atomic E-state index is 0. The number of guanidine groups is 1. The molecule has 1 unspecified atom stereocenters. The number of likely N-dealkylation sites (tertiary alicyclic amines) is 1. The number of nitrogens with two attached hydrogens (primary N) is 1. The van der Waals surface area contributed by atoms with Crippen molar-refractivity contribution in [3.8, 4) is 0 Å². The Bertz CT molecular complexity index is 454. The summed E-state index contributed by atoms with van der Waals surface area (Å²) in [6, 6.07) is 4.17. The summed E-state index contributed by atoms with van der Waals surface area (Å²) in [4.78, 5) is 9.14. The van der Waals surface area contributed by atoms with Crippen LogP contribution in [0.1, 0.15) is 24.6 Å². The number of rotatable bonds is 4. The van der Waals surface area contributed by atoms with Crippen LogP contribution in [0.25, 0.3) is 0 Å². The molecule has 0 saturated carbocycles. The van der Waals surface area contributed by atoms with E-state index >= 15 is 0 Å². The zero-order chi connectivity index (χ0) is 14.5. The number of hydrogen-bond donors (Lipinski definition) is 1. The van der Waals surface area contributed by atoms with E-state index in [4.69, 9.17) is 14.9 Å². The summed E-state index contributed by atoms with van der Waals surface area (Å²) >= 11 is 0. The molecule has 3 heterocycles. The maximum atomic E-state index is 6.12. The van der Waals surface area contributed by atoms with Crippen LogP contribution < -0.4 is 5.73 Å². The van der Waals surface area contributed by atoms with Gasteiger partial charge in [0.1, 0.15) is 5.76 Å². The number of halogens is 1. The Labute approximate surface area is 148 Å². The minimum absolute atomic E-state index is 0. The van der Waals surface area contributed by atoms with Gasteiger partial charge < -0.3 is 19.8 Å². The molecule has 2 saturated heterocycles. The number of aliphatic imine (C=N–C) groups is 1. The van der Waals surface area contributed by atoms with Crippen LogP contribution in [-0.4, -0.2) is 61.7 Å². The van der Waals surface area contributed by atoms with Crippen molar-refractivity contribution in [2.24, 2.45) is 10.7 Å². The molecule has 0 bridgehead atoms. The van der Waals surface area contributed by atoms with Gasteiger partial charge in [0.25, 0.3) is 0 Å². The molecule has 1 atom stereocenters. The molecule has 0 radical (unpaired) electrons. The first-order valence-corrected chi connectivity index (χ1v) is 7.74. The van der Waals surface area contributed by atoms with E-state index in [-0.39, 0.29) is 30.0 Å². The van der Waals surface area contributed by atoms with Crippen LogP contribution in [0, 0.1) is 0 Å². The van der Waals surface area contributed by atoms with Crippen molar-refractivity contribution in [2.75, 3.05) is 45.9 Å². The van der Waals surface area contributed by atoms with Crippen LogP contribution in [0.5, 0.6) is 0 Å². The van der Waals surface area contributed by atoms with Crippen molar-refractivity contribution in [1.82, 2.24) is 9.80 Å². The fraction of sp³-hybridized carbons (Fsp3) is 0.667. The summed E-state index contributed by atoms with van der Waals surface area (Å²) in [5.41, 5.74) is 6.12. The third kappa shape index (κ3) is 4.36. The van der Waals surface area contributed by atoms with Gasteiger partial charge >= 0.3 is 0 Å². The Morgan fingerprint density at radius 2 is 1.95 bits per heavy atom. The molecule has 7 heteroatoms. The molecule has 22 heavy (non-hydrogen) atoms. The molecule has 0 spiro atoms. The lowest BCUT2D eigenvalue weighted by Crippen LogP contribution is -2.45. The summed E-state index contributed by atoms with van der Waals surface area (Å²) in [6.07, 6.45) is 4.23. The second kappa shape index (κ2) is 8.73. The zero-order valence-electron chi connectivity index (χ0n) is 12.8. The lowest BCUT2D eigenvalue weighted by molar-refractivity contribution is 0.0673. The molecule has 0 amide bonds. The van der Waals surface area contributed by atoms with Gasteiger partial charge in [-0.1, -0.05) is 0 Å². The van der Waals surface area contributed by atoms with Gasteiger partial charge in [0.05, 0.1) is 32.1 Å². The molecule has 2 aliphatic heterocycles. The molecule has 0 aliphatic carbocycles. The van der Waals surface area contributed by atoms with Crippen molar-refractivity contribution in [3.05, 3.63) is 24.2 Å². The number of nitrogens with zero attached hydrogens (tertiary/aromatic N) is 3. The molecule has 2 fully saturated rings. The van der Waals surface area contributed by atoms with Gasteiger partial charge in [0, 0.05) is 13.1 Å². The largest absolute Gasteiger partial charge is 0.468 e. The first-order chi connectivity index (χ1) is 10.3. The molecular weight excluding hydrogens is 395 g/mol. The lowest BCUT2D eigenvalue weighted by atomic mass is 10.2. The van der Waals surface area contributed by atoms with E-state index in [1.165, 1.54) is 12.8 Å². The van der Waals surface area contributed by atoms with Crippen LogP contribution in [0.2, 0.25) is 0 Å². The first-order valence-electron chi connectivity index (χ1n) is 7.74. The third-order valence-corrected chi connectivity index (χ3v) is 4.21. The quantitative estimate of drug-likeness (QED) is 0.456. The summed E-state index contributed by atoms with van der Waals surface area (Å²) < 4.78 is 10.9. The predicted octanol–water partition coefficient (Wildman–Crippen LogP) is 1.68. The minimum Gasteiger partial charge on any atom is -0.468 e.